The largest absolute Gasteiger partial charge is 0.412 e. The Morgan fingerprint density at radius 2 is 0.833 bits per heavy atom. The molecule has 0 heterocycles. The maximum atomic E-state index is 8.36. The van der Waals surface area contributed by atoms with Gasteiger partial charge in [-0.25, -0.2) is 0 Å². The molecule has 11 nitrogen and oxygen atoms in total. The third-order valence-electron chi connectivity index (χ3n) is 0. The van der Waals surface area contributed by atoms with Gasteiger partial charge in [0.2, 0.25) is 0 Å². The quantitative estimate of drug-likeness (QED) is 0.238. The molecule has 0 aromatic rings. The van der Waals surface area contributed by atoms with Crippen LogP contribution in [0.4, 0.5) is 0 Å². The van der Waals surface area contributed by atoms with Crippen molar-refractivity contribution < 1.29 is 37.0 Å². The average molecular weight is 220 g/mol. The standard InChI is InChI=1S/Ca.2HNO3.3H2O/c;2*2-1(3)4;;;/h;2*(H,2,3,4);3*1H2. The predicted octanol–water partition coefficient (Wildman–Crippen LogP) is -3.55. The molecule has 0 saturated heterocycles. The van der Waals surface area contributed by atoms with E-state index in [0.717, 1.165) is 0 Å². The molecule has 0 bridgehead atoms. The zero-order valence-corrected chi connectivity index (χ0v) is 7.84. The Morgan fingerprint density at radius 3 is 0.833 bits per heavy atom. The van der Waals surface area contributed by atoms with Gasteiger partial charge in [0.25, 0.3) is 10.2 Å². The molecule has 0 amide bonds. The van der Waals surface area contributed by atoms with Crippen LogP contribution in [-0.2, 0) is 0 Å². The smallest absolute Gasteiger partial charge is 0.291 e. The van der Waals surface area contributed by atoms with Crippen molar-refractivity contribution in [1.29, 1.82) is 0 Å². The molecular weight excluding hydrogens is 212 g/mol. The van der Waals surface area contributed by atoms with E-state index in [2.05, 4.69) is 0 Å². The van der Waals surface area contributed by atoms with Crippen molar-refractivity contribution in [1.82, 2.24) is 0 Å². The Hall–Kier alpha value is -0.460. The van der Waals surface area contributed by atoms with Crippen LogP contribution in [0, 0.1) is 20.2 Å². The van der Waals surface area contributed by atoms with Gasteiger partial charge < -0.3 is 26.8 Å². The maximum absolute atomic E-state index is 8.36. The van der Waals surface area contributed by atoms with E-state index in [1.807, 2.05) is 0 Å². The van der Waals surface area contributed by atoms with Gasteiger partial charge in [0.15, 0.2) is 0 Å². The Kier molecular flexibility index (Phi) is 109. The third kappa shape index (κ3) is 3280. The molecule has 8 N–H and O–H groups in total. The molecule has 0 aliphatic carbocycles. The third-order valence-corrected chi connectivity index (χ3v) is 0. The van der Waals surface area contributed by atoms with Crippen LogP contribution in [0.2, 0.25) is 0 Å². The minimum absolute atomic E-state index is 0. The Labute approximate surface area is 94.7 Å². The van der Waals surface area contributed by atoms with Gasteiger partial charge in [-0.3, -0.25) is 0 Å². The zero-order chi connectivity index (χ0) is 7.15. The maximum Gasteiger partial charge on any atom is 0.291 e. The van der Waals surface area contributed by atoms with Crippen molar-refractivity contribution in [3.63, 3.8) is 0 Å². The molecule has 0 fully saturated rings. The first-order valence-electron chi connectivity index (χ1n) is 1.13. The van der Waals surface area contributed by atoms with Crippen LogP contribution in [0.1, 0.15) is 0 Å². The molecule has 2 radical (unpaired) electrons. The fraction of sp³-hybridized carbons (Fsp3) is 0. The number of nitrogens with zero attached hydrogens (tertiary/aromatic N) is 2. The summed E-state index contributed by atoms with van der Waals surface area (Å²) in [6.45, 7) is 0. The summed E-state index contributed by atoms with van der Waals surface area (Å²) in [4.78, 5) is 16.7. The Bertz CT molecular complexity index is 70.5. The normalized spacial score (nSPS) is 4.00. The van der Waals surface area contributed by atoms with Crippen LogP contribution in [0.15, 0.2) is 0 Å². The molecule has 74 valence electrons. The van der Waals surface area contributed by atoms with Crippen molar-refractivity contribution in [2.24, 2.45) is 0 Å². The van der Waals surface area contributed by atoms with E-state index < -0.39 is 10.2 Å². The van der Waals surface area contributed by atoms with E-state index in [9.17, 15) is 0 Å². The van der Waals surface area contributed by atoms with Gasteiger partial charge in [0.05, 0.1) is 0 Å². The first kappa shape index (κ1) is 41.8. The molecule has 0 saturated carbocycles. The molecule has 0 aliphatic heterocycles. The van der Waals surface area contributed by atoms with Crippen molar-refractivity contribution in [3.8, 4) is 0 Å². The summed E-state index contributed by atoms with van der Waals surface area (Å²) in [5.41, 5.74) is 0. The fourth-order valence-corrected chi connectivity index (χ4v) is 0. The van der Waals surface area contributed by atoms with Gasteiger partial charge in [-0.15, -0.1) is 20.2 Å². The Balaban J connectivity index is -0.0000000112. The van der Waals surface area contributed by atoms with E-state index in [4.69, 9.17) is 30.6 Å². The summed E-state index contributed by atoms with van der Waals surface area (Å²) < 4.78 is 0. The van der Waals surface area contributed by atoms with Crippen LogP contribution in [0.3, 0.4) is 0 Å². The summed E-state index contributed by atoms with van der Waals surface area (Å²) in [5, 5.41) is 27.3. The molecule has 0 rings (SSSR count). The van der Waals surface area contributed by atoms with Gasteiger partial charge in [0, 0.05) is 37.7 Å². The fourth-order valence-electron chi connectivity index (χ4n) is 0. The molecule has 12 heteroatoms. The van der Waals surface area contributed by atoms with Crippen molar-refractivity contribution in [2.75, 3.05) is 0 Å². The summed E-state index contributed by atoms with van der Waals surface area (Å²) in [5.74, 6) is 0. The molecular formula is H8CaN2O9. The predicted molar refractivity (Wildman–Crippen MR) is 34.2 cm³/mol. The van der Waals surface area contributed by atoms with Gasteiger partial charge in [-0.2, -0.15) is 0 Å². The molecule has 12 heavy (non-hydrogen) atoms. The average Bonchev–Trinajstić information content (AvgIpc) is 1.25. The van der Waals surface area contributed by atoms with Gasteiger partial charge in [-0.1, -0.05) is 0 Å². The number of hydrogen-bond donors (Lipinski definition) is 2. The molecule has 0 aromatic heterocycles. The first-order valence-corrected chi connectivity index (χ1v) is 1.13. The second-order valence-corrected chi connectivity index (χ2v) is 0.476. The van der Waals surface area contributed by atoms with Crippen LogP contribution >= 0.6 is 0 Å². The minimum atomic E-state index is -1.50. The molecule has 0 aliphatic rings. The van der Waals surface area contributed by atoms with E-state index in [1.165, 1.54) is 0 Å². The first-order chi connectivity index (χ1) is 3.46. The van der Waals surface area contributed by atoms with Crippen molar-refractivity contribution in [2.45, 2.75) is 0 Å². The van der Waals surface area contributed by atoms with Crippen LogP contribution in [-0.4, -0.2) is 74.8 Å². The van der Waals surface area contributed by atoms with Crippen molar-refractivity contribution in [3.05, 3.63) is 20.2 Å². The molecule has 0 spiro atoms. The summed E-state index contributed by atoms with van der Waals surface area (Å²) in [6, 6.07) is 0. The number of rotatable bonds is 0. The monoisotopic (exact) mass is 220 g/mol. The number of hydrogen-bond acceptors (Lipinski definition) is 4. The second kappa shape index (κ2) is 31.3. The van der Waals surface area contributed by atoms with E-state index in [0.29, 0.717) is 0 Å². The van der Waals surface area contributed by atoms with E-state index in [1.54, 1.807) is 0 Å². The van der Waals surface area contributed by atoms with Crippen molar-refractivity contribution >= 4 is 37.7 Å². The molecule has 0 atom stereocenters. The van der Waals surface area contributed by atoms with Gasteiger partial charge >= 0.3 is 0 Å². The topological polar surface area (TPSA) is 221 Å². The zero-order valence-electron chi connectivity index (χ0n) is 5.63. The second-order valence-electron chi connectivity index (χ2n) is 0.476. The summed E-state index contributed by atoms with van der Waals surface area (Å²) >= 11 is 0. The van der Waals surface area contributed by atoms with E-state index in [-0.39, 0.29) is 54.2 Å². The molecule has 0 aromatic carbocycles. The van der Waals surface area contributed by atoms with Crippen LogP contribution in [0.25, 0.3) is 0 Å². The van der Waals surface area contributed by atoms with Gasteiger partial charge in [-0.05, 0) is 0 Å². The van der Waals surface area contributed by atoms with Crippen LogP contribution < -0.4 is 0 Å². The Morgan fingerprint density at radius 1 is 0.833 bits per heavy atom. The summed E-state index contributed by atoms with van der Waals surface area (Å²) in [7, 11) is 0. The summed E-state index contributed by atoms with van der Waals surface area (Å²) in [6.07, 6.45) is 0. The minimum Gasteiger partial charge on any atom is -0.412 e. The van der Waals surface area contributed by atoms with Gasteiger partial charge in [0.1, 0.15) is 0 Å². The molecule has 0 unspecified atom stereocenters. The van der Waals surface area contributed by atoms with Crippen LogP contribution in [0.5, 0.6) is 0 Å². The SMILES string of the molecule is O.O.O.O=[N+]([O-])O.O=[N+]([O-])O.[Ca]. The van der Waals surface area contributed by atoms with E-state index >= 15 is 0 Å².